The molecule has 1 aliphatic rings. The van der Waals surface area contributed by atoms with Crippen LogP contribution in [0.4, 0.5) is 0 Å². The Morgan fingerprint density at radius 1 is 1.03 bits per heavy atom. The van der Waals surface area contributed by atoms with Crippen molar-refractivity contribution < 1.29 is 24.2 Å². The zero-order valence-electron chi connectivity index (χ0n) is 20.5. The van der Waals surface area contributed by atoms with Crippen molar-refractivity contribution in [3.05, 3.63) is 87.1 Å². The lowest BCUT2D eigenvalue weighted by Gasteiger charge is -2.26. The Kier molecular flexibility index (Phi) is 6.72. The minimum Gasteiger partial charge on any atom is -0.507 e. The van der Waals surface area contributed by atoms with Crippen LogP contribution in [0.1, 0.15) is 48.4 Å². The lowest BCUT2D eigenvalue weighted by molar-refractivity contribution is -0.140. The number of Topliss-reactive ketones (excluding diaryl/α,β-unsaturated/α-hetero) is 1. The van der Waals surface area contributed by atoms with E-state index in [4.69, 9.17) is 9.47 Å². The van der Waals surface area contributed by atoms with E-state index in [1.54, 1.807) is 38.5 Å². The summed E-state index contributed by atoms with van der Waals surface area (Å²) in [5, 5.41) is 13.4. The second-order valence-electron chi connectivity index (χ2n) is 9.45. The van der Waals surface area contributed by atoms with Crippen LogP contribution in [0.15, 0.2) is 65.6 Å². The molecule has 1 amide bonds. The number of ether oxygens (including phenoxy) is 2. The summed E-state index contributed by atoms with van der Waals surface area (Å²) in [6.45, 7) is 6.40. The number of likely N-dealkylation sites (tertiary alicyclic amines) is 1. The Morgan fingerprint density at radius 3 is 2.43 bits per heavy atom. The first-order chi connectivity index (χ1) is 16.7. The molecule has 1 aromatic heterocycles. The van der Waals surface area contributed by atoms with Gasteiger partial charge >= 0.3 is 0 Å². The van der Waals surface area contributed by atoms with Gasteiger partial charge in [-0.05, 0) is 52.8 Å². The van der Waals surface area contributed by atoms with Crippen LogP contribution in [-0.4, -0.2) is 35.9 Å². The number of methoxy groups -OCH3 is 2. The van der Waals surface area contributed by atoms with Gasteiger partial charge in [0.05, 0.1) is 32.4 Å². The van der Waals surface area contributed by atoms with E-state index in [1.807, 2.05) is 56.5 Å². The number of ketones is 1. The van der Waals surface area contributed by atoms with Gasteiger partial charge in [-0.1, -0.05) is 39.0 Å². The molecular weight excluding hydrogens is 462 g/mol. The van der Waals surface area contributed by atoms with Crippen molar-refractivity contribution in [2.24, 2.45) is 0 Å². The minimum atomic E-state index is -0.757. The average Bonchev–Trinajstić information content (AvgIpc) is 3.45. The molecule has 4 rings (SSSR count). The summed E-state index contributed by atoms with van der Waals surface area (Å²) in [6.07, 6.45) is 0. The fraction of sp³-hybridized carbons (Fsp3) is 0.286. The fourth-order valence-electron chi connectivity index (χ4n) is 4.37. The minimum absolute atomic E-state index is 0.0600. The molecule has 6 nitrogen and oxygen atoms in total. The first kappa shape index (κ1) is 24.5. The van der Waals surface area contributed by atoms with Crippen LogP contribution >= 0.6 is 11.3 Å². The summed E-state index contributed by atoms with van der Waals surface area (Å²) in [4.78, 5) is 29.0. The first-order valence-corrected chi connectivity index (χ1v) is 12.2. The Morgan fingerprint density at radius 2 is 1.80 bits per heavy atom. The summed E-state index contributed by atoms with van der Waals surface area (Å²) in [6, 6.07) is 15.6. The SMILES string of the molecule is COc1cccc(C2/C(=C(/O)c3ccc(OC)c(C(C)(C)C)c3)C(=O)C(=O)N2Cc2cccs2)c1. The number of carbonyl (C=O) groups is 2. The molecule has 3 aromatic rings. The van der Waals surface area contributed by atoms with E-state index in [1.165, 1.54) is 16.2 Å². The topological polar surface area (TPSA) is 76.1 Å². The smallest absolute Gasteiger partial charge is 0.295 e. The van der Waals surface area contributed by atoms with Crippen LogP contribution in [0.3, 0.4) is 0 Å². The largest absolute Gasteiger partial charge is 0.507 e. The summed E-state index contributed by atoms with van der Waals surface area (Å²) < 4.78 is 10.9. The van der Waals surface area contributed by atoms with Crippen molar-refractivity contribution in [3.63, 3.8) is 0 Å². The van der Waals surface area contributed by atoms with Crippen LogP contribution in [0, 0.1) is 0 Å². The molecular formula is C28H29NO5S. The van der Waals surface area contributed by atoms with E-state index in [0.29, 0.717) is 22.6 Å². The predicted octanol–water partition coefficient (Wildman–Crippen LogP) is 5.68. The van der Waals surface area contributed by atoms with Gasteiger partial charge in [-0.3, -0.25) is 9.59 Å². The average molecular weight is 492 g/mol. The van der Waals surface area contributed by atoms with E-state index in [9.17, 15) is 14.7 Å². The predicted molar refractivity (Wildman–Crippen MR) is 137 cm³/mol. The third-order valence-electron chi connectivity index (χ3n) is 6.14. The lowest BCUT2D eigenvalue weighted by Crippen LogP contribution is -2.28. The number of aliphatic hydroxyl groups excluding tert-OH is 1. The number of rotatable bonds is 6. The normalized spacial score (nSPS) is 17.6. The summed E-state index contributed by atoms with van der Waals surface area (Å²) >= 11 is 1.51. The number of amides is 1. The fourth-order valence-corrected chi connectivity index (χ4v) is 5.07. The van der Waals surface area contributed by atoms with Crippen LogP contribution in [0.25, 0.3) is 5.76 Å². The zero-order valence-corrected chi connectivity index (χ0v) is 21.3. The number of carbonyl (C=O) groups excluding carboxylic acids is 2. The van der Waals surface area contributed by atoms with Gasteiger partial charge in [0.15, 0.2) is 0 Å². The molecule has 1 N–H and O–H groups in total. The third kappa shape index (κ3) is 4.68. The molecule has 1 saturated heterocycles. The van der Waals surface area contributed by atoms with Gasteiger partial charge in [0.2, 0.25) is 0 Å². The van der Waals surface area contributed by atoms with E-state index >= 15 is 0 Å². The molecule has 1 fully saturated rings. The maximum absolute atomic E-state index is 13.3. The van der Waals surface area contributed by atoms with E-state index in [0.717, 1.165) is 10.4 Å². The Balaban J connectivity index is 1.91. The van der Waals surface area contributed by atoms with Crippen LogP contribution in [0.2, 0.25) is 0 Å². The van der Waals surface area contributed by atoms with Crippen molar-refractivity contribution in [1.82, 2.24) is 4.90 Å². The van der Waals surface area contributed by atoms with Gasteiger partial charge in [-0.2, -0.15) is 0 Å². The van der Waals surface area contributed by atoms with Gasteiger partial charge in [0.1, 0.15) is 17.3 Å². The molecule has 2 aromatic carbocycles. The molecule has 2 heterocycles. The number of aliphatic hydroxyl groups is 1. The number of hydrogen-bond donors (Lipinski definition) is 1. The Bertz CT molecular complexity index is 1290. The highest BCUT2D eigenvalue weighted by atomic mass is 32.1. The van der Waals surface area contributed by atoms with Crippen molar-refractivity contribution >= 4 is 28.8 Å². The molecule has 1 atom stereocenters. The van der Waals surface area contributed by atoms with Crippen molar-refractivity contribution in [1.29, 1.82) is 0 Å². The van der Waals surface area contributed by atoms with Gasteiger partial charge < -0.3 is 19.5 Å². The molecule has 1 unspecified atom stereocenters. The monoisotopic (exact) mass is 491 g/mol. The molecule has 0 bridgehead atoms. The third-order valence-corrected chi connectivity index (χ3v) is 7.00. The number of thiophene rings is 1. The molecule has 182 valence electrons. The lowest BCUT2D eigenvalue weighted by atomic mass is 9.84. The number of hydrogen-bond acceptors (Lipinski definition) is 6. The zero-order chi connectivity index (χ0) is 25.3. The summed E-state index contributed by atoms with van der Waals surface area (Å²) in [5.74, 6) is -0.268. The highest BCUT2D eigenvalue weighted by Crippen LogP contribution is 2.42. The maximum Gasteiger partial charge on any atom is 0.295 e. The Hall–Kier alpha value is -3.58. The maximum atomic E-state index is 13.3. The van der Waals surface area contributed by atoms with Gasteiger partial charge in [-0.25, -0.2) is 0 Å². The number of benzene rings is 2. The van der Waals surface area contributed by atoms with E-state index in [2.05, 4.69) is 0 Å². The summed E-state index contributed by atoms with van der Waals surface area (Å²) in [5.41, 5.74) is 1.82. The van der Waals surface area contributed by atoms with Crippen molar-refractivity contribution in [2.75, 3.05) is 14.2 Å². The quantitative estimate of drug-likeness (QED) is 0.273. The summed E-state index contributed by atoms with van der Waals surface area (Å²) in [7, 11) is 3.16. The molecule has 0 aliphatic carbocycles. The van der Waals surface area contributed by atoms with Gasteiger partial charge in [0.25, 0.3) is 11.7 Å². The van der Waals surface area contributed by atoms with Gasteiger partial charge in [-0.15, -0.1) is 11.3 Å². The van der Waals surface area contributed by atoms with Gasteiger partial charge in [0, 0.05) is 16.0 Å². The van der Waals surface area contributed by atoms with Crippen molar-refractivity contribution in [2.45, 2.75) is 38.8 Å². The molecule has 35 heavy (non-hydrogen) atoms. The molecule has 7 heteroatoms. The van der Waals surface area contributed by atoms with E-state index < -0.39 is 17.7 Å². The van der Waals surface area contributed by atoms with Crippen LogP contribution < -0.4 is 9.47 Å². The van der Waals surface area contributed by atoms with E-state index in [-0.39, 0.29) is 23.3 Å². The van der Waals surface area contributed by atoms with Crippen LogP contribution in [-0.2, 0) is 21.5 Å². The number of nitrogens with zero attached hydrogens (tertiary/aromatic N) is 1. The molecule has 0 radical (unpaired) electrons. The van der Waals surface area contributed by atoms with Crippen LogP contribution in [0.5, 0.6) is 11.5 Å². The van der Waals surface area contributed by atoms with Crippen molar-refractivity contribution in [3.8, 4) is 11.5 Å². The second kappa shape index (κ2) is 9.58. The molecule has 1 aliphatic heterocycles. The highest BCUT2D eigenvalue weighted by molar-refractivity contribution is 7.09. The standard InChI is InChI=1S/C28H29NO5S/c1-28(2,3)21-15-18(11-12-22(21)34-5)25(30)23-24(17-8-6-9-19(14-17)33-4)29(27(32)26(23)31)16-20-10-7-13-35-20/h6-15,24,30H,16H2,1-5H3/b25-23-. The Labute approximate surface area is 209 Å². The second-order valence-corrected chi connectivity index (χ2v) is 10.5. The molecule has 0 saturated carbocycles. The first-order valence-electron chi connectivity index (χ1n) is 11.3. The highest BCUT2D eigenvalue weighted by Gasteiger charge is 2.46. The molecule has 0 spiro atoms.